The Morgan fingerprint density at radius 1 is 1.15 bits per heavy atom. The molecule has 1 fully saturated rings. The Morgan fingerprint density at radius 3 is 2.78 bits per heavy atom. The quantitative estimate of drug-likeness (QED) is 0.672. The van der Waals surface area contributed by atoms with E-state index in [2.05, 4.69) is 15.0 Å². The Morgan fingerprint density at radius 2 is 1.96 bits per heavy atom. The summed E-state index contributed by atoms with van der Waals surface area (Å²) in [5, 5.41) is 5.59. The first-order valence-electron chi connectivity index (χ1n) is 9.21. The fourth-order valence-electron chi connectivity index (χ4n) is 3.40. The molecule has 2 aromatic heterocycles. The van der Waals surface area contributed by atoms with Crippen LogP contribution >= 0.6 is 11.6 Å². The average Bonchev–Trinajstić information content (AvgIpc) is 3.08. The monoisotopic (exact) mass is 384 g/mol. The molecule has 0 bridgehead atoms. The number of likely N-dealkylation sites (tertiary alicyclic amines) is 1. The Balaban J connectivity index is 1.57. The molecule has 6 nitrogen and oxygen atoms in total. The number of rotatable bonds is 5. The average molecular weight is 385 g/mol. The van der Waals surface area contributed by atoms with Crippen molar-refractivity contribution in [1.82, 2.24) is 19.7 Å². The van der Waals surface area contributed by atoms with E-state index in [-0.39, 0.29) is 5.91 Å². The number of fused-ring (bicyclic) bond motifs is 1. The third kappa shape index (κ3) is 3.82. The molecule has 0 aliphatic carbocycles. The van der Waals surface area contributed by atoms with Gasteiger partial charge < -0.3 is 4.74 Å². The van der Waals surface area contributed by atoms with Crippen molar-refractivity contribution in [2.45, 2.75) is 19.3 Å². The molecule has 0 N–H and O–H groups in total. The van der Waals surface area contributed by atoms with Crippen LogP contribution in [0.5, 0.6) is 5.88 Å². The number of carbonyl (C=O) groups excluding carboxylic acids is 1. The van der Waals surface area contributed by atoms with Crippen molar-refractivity contribution in [3.05, 3.63) is 53.3 Å². The number of halogens is 1. The Bertz CT molecular complexity index is 950. The van der Waals surface area contributed by atoms with Gasteiger partial charge in [0.05, 0.1) is 21.5 Å². The number of piperidine rings is 1. The van der Waals surface area contributed by atoms with Gasteiger partial charge in [-0.3, -0.25) is 14.7 Å². The third-order valence-corrected chi connectivity index (χ3v) is 5.17. The SMILES string of the molecule is O=C(c1cnccc1Cl)n1nc(OCCN2CCCCC2)c2ccccc21. The fourth-order valence-corrected chi connectivity index (χ4v) is 3.59. The molecule has 0 amide bonds. The molecule has 27 heavy (non-hydrogen) atoms. The van der Waals surface area contributed by atoms with Crippen molar-refractivity contribution in [2.75, 3.05) is 26.2 Å². The molecule has 1 saturated heterocycles. The molecule has 7 heteroatoms. The standard InChI is InChI=1S/C20H21ClN4O2/c21-17-8-9-22-14-16(17)20(26)25-18-7-3-2-6-15(18)19(23-25)27-13-12-24-10-4-1-5-11-24/h2-3,6-9,14H,1,4-5,10-13H2. The molecule has 1 aromatic carbocycles. The molecule has 0 saturated carbocycles. The zero-order chi connectivity index (χ0) is 18.6. The molecule has 0 atom stereocenters. The first kappa shape index (κ1) is 17.9. The van der Waals surface area contributed by atoms with E-state index in [0.29, 0.717) is 28.6 Å². The summed E-state index contributed by atoms with van der Waals surface area (Å²) in [6, 6.07) is 9.13. The van der Waals surface area contributed by atoms with Crippen LogP contribution in [0.1, 0.15) is 29.6 Å². The summed E-state index contributed by atoms with van der Waals surface area (Å²) >= 11 is 6.16. The van der Waals surface area contributed by atoms with Crippen molar-refractivity contribution >= 4 is 28.4 Å². The lowest BCUT2D eigenvalue weighted by atomic mass is 10.1. The van der Waals surface area contributed by atoms with Crippen LogP contribution in [0.25, 0.3) is 10.9 Å². The molecule has 0 unspecified atom stereocenters. The number of benzene rings is 1. The fraction of sp³-hybridized carbons (Fsp3) is 0.350. The number of nitrogens with zero attached hydrogens (tertiary/aromatic N) is 4. The zero-order valence-electron chi connectivity index (χ0n) is 15.0. The van der Waals surface area contributed by atoms with Crippen LogP contribution in [0, 0.1) is 0 Å². The molecule has 1 aliphatic rings. The molecule has 1 aliphatic heterocycles. The van der Waals surface area contributed by atoms with Crippen LogP contribution in [0.15, 0.2) is 42.7 Å². The van der Waals surface area contributed by atoms with Crippen molar-refractivity contribution in [3.8, 4) is 5.88 Å². The first-order chi connectivity index (χ1) is 13.2. The first-order valence-corrected chi connectivity index (χ1v) is 9.59. The Hall–Kier alpha value is -2.44. The van der Waals surface area contributed by atoms with Gasteiger partial charge in [-0.15, -0.1) is 5.10 Å². The normalized spacial score (nSPS) is 15.1. The summed E-state index contributed by atoms with van der Waals surface area (Å²) in [5.74, 6) is 0.145. The Kier molecular flexibility index (Phi) is 5.36. The van der Waals surface area contributed by atoms with Crippen molar-refractivity contribution in [3.63, 3.8) is 0 Å². The van der Waals surface area contributed by atoms with Crippen LogP contribution in [0.4, 0.5) is 0 Å². The van der Waals surface area contributed by atoms with Crippen LogP contribution in [0.3, 0.4) is 0 Å². The smallest absolute Gasteiger partial charge is 0.281 e. The highest BCUT2D eigenvalue weighted by Gasteiger charge is 2.20. The molecule has 3 aromatic rings. The zero-order valence-corrected chi connectivity index (χ0v) is 15.7. The maximum atomic E-state index is 12.9. The van der Waals surface area contributed by atoms with Crippen LogP contribution < -0.4 is 4.74 Å². The van der Waals surface area contributed by atoms with Gasteiger partial charge in [-0.1, -0.05) is 30.2 Å². The summed E-state index contributed by atoms with van der Waals surface area (Å²) in [5.41, 5.74) is 1.00. The second kappa shape index (κ2) is 8.06. The molecule has 4 rings (SSSR count). The lowest BCUT2D eigenvalue weighted by Crippen LogP contribution is -2.33. The predicted octanol–water partition coefficient (Wildman–Crippen LogP) is 3.64. The number of ether oxygens (including phenoxy) is 1. The second-order valence-electron chi connectivity index (χ2n) is 6.65. The number of hydrogen-bond donors (Lipinski definition) is 0. The lowest BCUT2D eigenvalue weighted by Gasteiger charge is -2.25. The van der Waals surface area contributed by atoms with Crippen LogP contribution in [-0.2, 0) is 0 Å². The number of pyridine rings is 1. The Labute approximate surface area is 162 Å². The maximum absolute atomic E-state index is 12.9. The van der Waals surface area contributed by atoms with E-state index in [9.17, 15) is 4.79 Å². The minimum absolute atomic E-state index is 0.312. The highest BCUT2D eigenvalue weighted by Crippen LogP contribution is 2.26. The van der Waals surface area contributed by atoms with Gasteiger partial charge in [0.25, 0.3) is 5.91 Å². The van der Waals surface area contributed by atoms with Gasteiger partial charge in [-0.2, -0.15) is 4.68 Å². The van der Waals surface area contributed by atoms with Crippen LogP contribution in [0.2, 0.25) is 5.02 Å². The van der Waals surface area contributed by atoms with Gasteiger partial charge in [0.15, 0.2) is 0 Å². The van der Waals surface area contributed by atoms with Gasteiger partial charge in [0.2, 0.25) is 5.88 Å². The number of carbonyl (C=O) groups is 1. The van der Waals surface area contributed by atoms with E-state index < -0.39 is 0 Å². The van der Waals surface area contributed by atoms with Crippen molar-refractivity contribution < 1.29 is 9.53 Å². The van der Waals surface area contributed by atoms with Gasteiger partial charge in [-0.05, 0) is 44.1 Å². The highest BCUT2D eigenvalue weighted by molar-refractivity contribution is 6.34. The minimum Gasteiger partial charge on any atom is -0.475 e. The van der Waals surface area contributed by atoms with Gasteiger partial charge >= 0.3 is 0 Å². The topological polar surface area (TPSA) is 60.3 Å². The molecule has 0 spiro atoms. The molecule has 0 radical (unpaired) electrons. The van der Waals surface area contributed by atoms with E-state index in [1.807, 2.05) is 24.3 Å². The highest BCUT2D eigenvalue weighted by atomic mass is 35.5. The minimum atomic E-state index is -0.324. The number of hydrogen-bond acceptors (Lipinski definition) is 5. The van der Waals surface area contributed by atoms with E-state index >= 15 is 0 Å². The van der Waals surface area contributed by atoms with E-state index in [0.717, 1.165) is 25.0 Å². The second-order valence-corrected chi connectivity index (χ2v) is 7.05. The van der Waals surface area contributed by atoms with Crippen molar-refractivity contribution in [1.29, 1.82) is 0 Å². The van der Waals surface area contributed by atoms with Gasteiger partial charge in [0.1, 0.15) is 6.61 Å². The summed E-state index contributed by atoms with van der Waals surface area (Å²) in [4.78, 5) is 19.3. The summed E-state index contributed by atoms with van der Waals surface area (Å²) in [7, 11) is 0. The predicted molar refractivity (Wildman–Crippen MR) is 104 cm³/mol. The molecular formula is C20H21ClN4O2. The lowest BCUT2D eigenvalue weighted by molar-refractivity contribution is 0.0947. The van der Waals surface area contributed by atoms with E-state index in [4.69, 9.17) is 16.3 Å². The van der Waals surface area contributed by atoms with Gasteiger partial charge in [-0.25, -0.2) is 0 Å². The van der Waals surface area contributed by atoms with E-state index in [1.54, 1.807) is 12.3 Å². The molecule has 3 heterocycles. The number of para-hydroxylation sites is 1. The van der Waals surface area contributed by atoms with Crippen molar-refractivity contribution in [2.24, 2.45) is 0 Å². The summed E-state index contributed by atoms with van der Waals surface area (Å²) in [6.45, 7) is 3.65. The number of aromatic nitrogens is 3. The van der Waals surface area contributed by atoms with Gasteiger partial charge in [0, 0.05) is 18.9 Å². The summed E-state index contributed by atoms with van der Waals surface area (Å²) < 4.78 is 7.29. The van der Waals surface area contributed by atoms with E-state index in [1.165, 1.54) is 30.1 Å². The largest absolute Gasteiger partial charge is 0.475 e. The maximum Gasteiger partial charge on any atom is 0.281 e. The van der Waals surface area contributed by atoms with Crippen LogP contribution in [-0.4, -0.2) is 51.8 Å². The molecule has 140 valence electrons. The molecular weight excluding hydrogens is 364 g/mol. The summed E-state index contributed by atoms with van der Waals surface area (Å²) in [6.07, 6.45) is 6.81. The third-order valence-electron chi connectivity index (χ3n) is 4.84.